The minimum Gasteiger partial charge on any atom is -0.373 e. The molecule has 76 valence electrons. The second-order valence-electron chi connectivity index (χ2n) is 4.03. The molecule has 3 nitrogen and oxygen atoms in total. The van der Waals surface area contributed by atoms with Crippen molar-refractivity contribution < 1.29 is 0 Å². The van der Waals surface area contributed by atoms with Crippen molar-refractivity contribution in [2.75, 3.05) is 12.4 Å². The van der Waals surface area contributed by atoms with Crippen LogP contribution in [-0.4, -0.2) is 17.0 Å². The Balaban J connectivity index is 2.30. The molecule has 0 spiro atoms. The summed E-state index contributed by atoms with van der Waals surface area (Å²) in [6, 6.07) is 2.02. The van der Waals surface area contributed by atoms with E-state index >= 15 is 0 Å². The van der Waals surface area contributed by atoms with Crippen molar-refractivity contribution in [1.29, 1.82) is 0 Å². The standard InChI is InChI=1S/C11H17N3/c1-4-8-6-10(12-3)14-11(13-8)9-5-7(9)2/h6-7,9H,4-5H2,1-3H3,(H,12,13,14). The molecule has 1 aromatic heterocycles. The Morgan fingerprint density at radius 2 is 2.21 bits per heavy atom. The van der Waals surface area contributed by atoms with Gasteiger partial charge >= 0.3 is 0 Å². The third kappa shape index (κ3) is 1.72. The predicted octanol–water partition coefficient (Wildman–Crippen LogP) is 2.20. The first-order valence-corrected chi connectivity index (χ1v) is 5.30. The smallest absolute Gasteiger partial charge is 0.134 e. The fourth-order valence-electron chi connectivity index (χ4n) is 1.67. The number of aryl methyl sites for hydroxylation is 1. The van der Waals surface area contributed by atoms with Crippen LogP contribution in [0.1, 0.15) is 37.7 Å². The van der Waals surface area contributed by atoms with E-state index in [1.54, 1.807) is 0 Å². The molecule has 1 heterocycles. The van der Waals surface area contributed by atoms with E-state index < -0.39 is 0 Å². The highest BCUT2D eigenvalue weighted by Gasteiger charge is 2.36. The zero-order valence-electron chi connectivity index (χ0n) is 9.04. The zero-order valence-corrected chi connectivity index (χ0v) is 9.04. The largest absolute Gasteiger partial charge is 0.373 e. The predicted molar refractivity (Wildman–Crippen MR) is 57.5 cm³/mol. The van der Waals surface area contributed by atoms with Gasteiger partial charge in [0, 0.05) is 24.7 Å². The molecule has 1 aliphatic rings. The molecular formula is C11H17N3. The van der Waals surface area contributed by atoms with E-state index in [2.05, 4.69) is 29.1 Å². The van der Waals surface area contributed by atoms with Gasteiger partial charge in [-0.05, 0) is 18.8 Å². The van der Waals surface area contributed by atoms with Crippen LogP contribution in [0.3, 0.4) is 0 Å². The summed E-state index contributed by atoms with van der Waals surface area (Å²) in [7, 11) is 1.90. The van der Waals surface area contributed by atoms with E-state index in [0.29, 0.717) is 5.92 Å². The third-order valence-electron chi connectivity index (χ3n) is 2.86. The second-order valence-corrected chi connectivity index (χ2v) is 4.03. The highest BCUT2D eigenvalue weighted by Crippen LogP contribution is 2.45. The topological polar surface area (TPSA) is 37.8 Å². The average Bonchev–Trinajstić information content (AvgIpc) is 2.94. The van der Waals surface area contributed by atoms with Crippen molar-refractivity contribution in [2.45, 2.75) is 32.6 Å². The summed E-state index contributed by atoms with van der Waals surface area (Å²) in [6.45, 7) is 4.38. The first-order valence-electron chi connectivity index (χ1n) is 5.30. The van der Waals surface area contributed by atoms with Crippen LogP contribution in [0.5, 0.6) is 0 Å². The summed E-state index contributed by atoms with van der Waals surface area (Å²) in [4.78, 5) is 9.05. The highest BCUT2D eigenvalue weighted by atomic mass is 15.0. The van der Waals surface area contributed by atoms with Crippen LogP contribution in [0.4, 0.5) is 5.82 Å². The minimum atomic E-state index is 0.605. The lowest BCUT2D eigenvalue weighted by Crippen LogP contribution is -2.02. The SMILES string of the molecule is CCc1cc(NC)nc(C2CC2C)n1. The molecular weight excluding hydrogens is 174 g/mol. The lowest BCUT2D eigenvalue weighted by Gasteiger charge is -2.05. The van der Waals surface area contributed by atoms with Gasteiger partial charge < -0.3 is 5.32 Å². The summed E-state index contributed by atoms with van der Waals surface area (Å²) in [5, 5.41) is 3.09. The number of hydrogen-bond acceptors (Lipinski definition) is 3. The Hall–Kier alpha value is -1.12. The molecule has 2 unspecified atom stereocenters. The number of aromatic nitrogens is 2. The van der Waals surface area contributed by atoms with E-state index in [4.69, 9.17) is 0 Å². The molecule has 1 aliphatic carbocycles. The van der Waals surface area contributed by atoms with Gasteiger partial charge in [-0.2, -0.15) is 0 Å². The highest BCUT2D eigenvalue weighted by molar-refractivity contribution is 5.36. The maximum absolute atomic E-state index is 4.56. The van der Waals surface area contributed by atoms with Crippen molar-refractivity contribution in [3.8, 4) is 0 Å². The third-order valence-corrected chi connectivity index (χ3v) is 2.86. The fourth-order valence-corrected chi connectivity index (χ4v) is 1.67. The van der Waals surface area contributed by atoms with Crippen LogP contribution < -0.4 is 5.32 Å². The number of nitrogens with zero attached hydrogens (tertiary/aromatic N) is 2. The summed E-state index contributed by atoms with van der Waals surface area (Å²) >= 11 is 0. The van der Waals surface area contributed by atoms with Crippen LogP contribution in [0, 0.1) is 5.92 Å². The van der Waals surface area contributed by atoms with Gasteiger partial charge in [0.1, 0.15) is 11.6 Å². The Bertz CT molecular complexity index is 313. The van der Waals surface area contributed by atoms with Crippen LogP contribution in [0.15, 0.2) is 6.07 Å². The van der Waals surface area contributed by atoms with Crippen LogP contribution in [-0.2, 0) is 6.42 Å². The molecule has 1 N–H and O–H groups in total. The van der Waals surface area contributed by atoms with Crippen LogP contribution in [0.25, 0.3) is 0 Å². The van der Waals surface area contributed by atoms with E-state index in [-0.39, 0.29) is 0 Å². The van der Waals surface area contributed by atoms with Gasteiger partial charge in [-0.3, -0.25) is 0 Å². The normalized spacial score (nSPS) is 24.8. The summed E-state index contributed by atoms with van der Waals surface area (Å²) in [5.41, 5.74) is 1.14. The molecule has 0 saturated heterocycles. The number of nitrogens with one attached hydrogen (secondary N) is 1. The molecule has 1 aromatic rings. The molecule has 0 radical (unpaired) electrons. The van der Waals surface area contributed by atoms with Gasteiger partial charge in [-0.25, -0.2) is 9.97 Å². The number of rotatable bonds is 3. The van der Waals surface area contributed by atoms with Crippen molar-refractivity contribution in [1.82, 2.24) is 9.97 Å². The summed E-state index contributed by atoms with van der Waals surface area (Å²) < 4.78 is 0. The molecule has 0 aliphatic heterocycles. The summed E-state index contributed by atoms with van der Waals surface area (Å²) in [5.74, 6) is 3.35. The minimum absolute atomic E-state index is 0.605. The number of anilines is 1. The monoisotopic (exact) mass is 191 g/mol. The maximum atomic E-state index is 4.56. The fraction of sp³-hybridized carbons (Fsp3) is 0.636. The average molecular weight is 191 g/mol. The van der Waals surface area contributed by atoms with E-state index in [1.807, 2.05) is 13.1 Å². The van der Waals surface area contributed by atoms with Gasteiger partial charge in [0.25, 0.3) is 0 Å². The van der Waals surface area contributed by atoms with Crippen LogP contribution >= 0.6 is 0 Å². The molecule has 3 heteroatoms. The Morgan fingerprint density at radius 3 is 2.71 bits per heavy atom. The van der Waals surface area contributed by atoms with Gasteiger partial charge in [-0.15, -0.1) is 0 Å². The first-order chi connectivity index (χ1) is 6.74. The van der Waals surface area contributed by atoms with Gasteiger partial charge in [0.05, 0.1) is 0 Å². The molecule has 0 bridgehead atoms. The molecule has 2 atom stereocenters. The molecule has 2 rings (SSSR count). The molecule has 1 fully saturated rings. The Morgan fingerprint density at radius 1 is 1.50 bits per heavy atom. The van der Waals surface area contributed by atoms with E-state index in [0.717, 1.165) is 29.7 Å². The maximum Gasteiger partial charge on any atom is 0.134 e. The number of hydrogen-bond donors (Lipinski definition) is 1. The van der Waals surface area contributed by atoms with Crippen molar-refractivity contribution in [2.24, 2.45) is 5.92 Å². The quantitative estimate of drug-likeness (QED) is 0.796. The van der Waals surface area contributed by atoms with Gasteiger partial charge in [-0.1, -0.05) is 13.8 Å². The Labute approximate surface area is 85.0 Å². The van der Waals surface area contributed by atoms with Gasteiger partial charge in [0.15, 0.2) is 0 Å². The van der Waals surface area contributed by atoms with Gasteiger partial charge in [0.2, 0.25) is 0 Å². The molecule has 0 aromatic carbocycles. The van der Waals surface area contributed by atoms with Crippen molar-refractivity contribution in [3.05, 3.63) is 17.6 Å². The van der Waals surface area contributed by atoms with Crippen LogP contribution in [0.2, 0.25) is 0 Å². The first kappa shape index (κ1) is 9.44. The Kier molecular flexibility index (Phi) is 2.40. The molecule has 0 amide bonds. The molecule has 1 saturated carbocycles. The van der Waals surface area contributed by atoms with E-state index in [9.17, 15) is 0 Å². The lowest BCUT2D eigenvalue weighted by atomic mass is 10.2. The molecule has 14 heavy (non-hydrogen) atoms. The second kappa shape index (κ2) is 3.56. The van der Waals surface area contributed by atoms with Crippen molar-refractivity contribution >= 4 is 5.82 Å². The summed E-state index contributed by atoms with van der Waals surface area (Å²) in [6.07, 6.45) is 2.22. The van der Waals surface area contributed by atoms with E-state index in [1.165, 1.54) is 6.42 Å². The zero-order chi connectivity index (χ0) is 10.1. The van der Waals surface area contributed by atoms with Crippen molar-refractivity contribution in [3.63, 3.8) is 0 Å². The lowest BCUT2D eigenvalue weighted by molar-refractivity contribution is 0.823.